The van der Waals surface area contributed by atoms with Crippen LogP contribution in [-0.4, -0.2) is 18.1 Å². The first kappa shape index (κ1) is 18.3. The average Bonchev–Trinajstić information content (AvgIpc) is 2.67. The number of rotatable bonds is 6. The van der Waals surface area contributed by atoms with Gasteiger partial charge in [-0.25, -0.2) is 0 Å². The zero-order valence-electron chi connectivity index (χ0n) is 15.7. The van der Waals surface area contributed by atoms with Gasteiger partial charge < -0.3 is 14.8 Å². The highest BCUT2D eigenvalue weighted by Gasteiger charge is 2.38. The quantitative estimate of drug-likeness (QED) is 0.827. The molecule has 0 aromatic heterocycles. The van der Waals surface area contributed by atoms with Crippen LogP contribution in [0, 0.1) is 6.92 Å². The molecule has 2 aromatic carbocycles. The van der Waals surface area contributed by atoms with E-state index in [4.69, 9.17) is 9.47 Å². The molecule has 0 saturated carbocycles. The Hall–Kier alpha value is -2.49. The Bertz CT molecular complexity index is 750. The minimum absolute atomic E-state index is 0.00777. The smallest absolute Gasteiger partial charge is 0.258 e. The van der Waals surface area contributed by atoms with E-state index in [1.165, 1.54) is 0 Å². The molecule has 4 nitrogen and oxygen atoms in total. The molecule has 1 atom stereocenters. The van der Waals surface area contributed by atoms with Crippen molar-refractivity contribution >= 4 is 5.91 Å². The fraction of sp³-hybridized carbons (Fsp3) is 0.409. The lowest BCUT2D eigenvalue weighted by Gasteiger charge is -2.41. The van der Waals surface area contributed by atoms with Crippen molar-refractivity contribution in [3.05, 3.63) is 59.7 Å². The molecule has 0 saturated heterocycles. The molecule has 1 heterocycles. The van der Waals surface area contributed by atoms with Gasteiger partial charge in [-0.15, -0.1) is 0 Å². The zero-order chi connectivity index (χ0) is 18.6. The number of amides is 1. The molecule has 4 heteroatoms. The van der Waals surface area contributed by atoms with E-state index in [0.717, 1.165) is 36.1 Å². The summed E-state index contributed by atoms with van der Waals surface area (Å²) >= 11 is 0. The van der Waals surface area contributed by atoms with Crippen LogP contribution in [0.4, 0.5) is 0 Å². The Kier molecular flexibility index (Phi) is 5.50. The number of benzene rings is 2. The molecule has 0 spiro atoms. The van der Waals surface area contributed by atoms with Crippen LogP contribution in [0.2, 0.25) is 0 Å². The number of carbonyl (C=O) groups is 1. The number of para-hydroxylation sites is 1. The minimum atomic E-state index is -0.232. The summed E-state index contributed by atoms with van der Waals surface area (Å²) < 4.78 is 11.9. The number of aryl methyl sites for hydroxylation is 1. The molecule has 1 N–H and O–H groups in total. The molecule has 0 bridgehead atoms. The number of hydrogen-bond donors (Lipinski definition) is 1. The number of hydrogen-bond acceptors (Lipinski definition) is 3. The third-order valence-electron chi connectivity index (χ3n) is 5.21. The first-order valence-electron chi connectivity index (χ1n) is 9.32. The summed E-state index contributed by atoms with van der Waals surface area (Å²) in [5.41, 5.74) is 1.97. The molecule has 0 fully saturated rings. The van der Waals surface area contributed by atoms with Crippen molar-refractivity contribution in [2.75, 3.05) is 6.61 Å². The lowest BCUT2D eigenvalue weighted by atomic mass is 9.83. The maximum absolute atomic E-state index is 12.5. The summed E-state index contributed by atoms with van der Waals surface area (Å²) in [6, 6.07) is 15.6. The fourth-order valence-electron chi connectivity index (χ4n) is 3.45. The lowest BCUT2D eigenvalue weighted by Crippen LogP contribution is -2.45. The predicted molar refractivity (Wildman–Crippen MR) is 103 cm³/mol. The second-order valence-corrected chi connectivity index (χ2v) is 6.96. The lowest BCUT2D eigenvalue weighted by molar-refractivity contribution is -0.124. The van der Waals surface area contributed by atoms with E-state index in [-0.39, 0.29) is 24.2 Å². The maximum atomic E-state index is 12.5. The van der Waals surface area contributed by atoms with Crippen molar-refractivity contribution in [2.45, 2.75) is 51.7 Å². The summed E-state index contributed by atoms with van der Waals surface area (Å²) in [4.78, 5) is 12.5. The molecule has 3 rings (SSSR count). The van der Waals surface area contributed by atoms with Gasteiger partial charge in [0, 0.05) is 12.0 Å². The zero-order valence-corrected chi connectivity index (χ0v) is 15.7. The van der Waals surface area contributed by atoms with Crippen molar-refractivity contribution in [3.63, 3.8) is 0 Å². The number of ether oxygens (including phenoxy) is 2. The van der Waals surface area contributed by atoms with E-state index >= 15 is 0 Å². The van der Waals surface area contributed by atoms with Gasteiger partial charge in [0.15, 0.2) is 6.61 Å². The highest BCUT2D eigenvalue weighted by atomic mass is 16.5. The van der Waals surface area contributed by atoms with Crippen LogP contribution in [0.3, 0.4) is 0 Å². The van der Waals surface area contributed by atoms with Crippen LogP contribution < -0.4 is 14.8 Å². The first-order chi connectivity index (χ1) is 12.5. The Morgan fingerprint density at radius 3 is 2.54 bits per heavy atom. The van der Waals surface area contributed by atoms with E-state index < -0.39 is 0 Å². The van der Waals surface area contributed by atoms with Crippen LogP contribution in [-0.2, 0) is 4.79 Å². The van der Waals surface area contributed by atoms with E-state index in [9.17, 15) is 4.79 Å². The highest BCUT2D eigenvalue weighted by Crippen LogP contribution is 2.42. The minimum Gasteiger partial charge on any atom is -0.487 e. The van der Waals surface area contributed by atoms with E-state index in [1.54, 1.807) is 0 Å². The summed E-state index contributed by atoms with van der Waals surface area (Å²) in [5.74, 6) is 1.45. The molecule has 2 aromatic rings. The van der Waals surface area contributed by atoms with Crippen LogP contribution in [0.15, 0.2) is 48.5 Å². The van der Waals surface area contributed by atoms with Gasteiger partial charge in [-0.1, -0.05) is 49.7 Å². The van der Waals surface area contributed by atoms with Crippen LogP contribution in [0.25, 0.3) is 0 Å². The Morgan fingerprint density at radius 1 is 1.15 bits per heavy atom. The fourth-order valence-corrected chi connectivity index (χ4v) is 3.45. The first-order valence-corrected chi connectivity index (χ1v) is 9.32. The Labute approximate surface area is 155 Å². The van der Waals surface area contributed by atoms with Gasteiger partial charge in [-0.05, 0) is 38.0 Å². The number of carbonyl (C=O) groups excluding carboxylic acids is 1. The van der Waals surface area contributed by atoms with E-state index in [2.05, 4.69) is 19.2 Å². The number of nitrogens with one attached hydrogen (secondary N) is 1. The van der Waals surface area contributed by atoms with Crippen LogP contribution in [0.1, 0.15) is 50.3 Å². The second kappa shape index (κ2) is 7.81. The molecule has 1 aliphatic heterocycles. The standard InChI is InChI=1S/C22H27NO3/c1-4-22(5-2)14-19(18-8-6-7-9-20(18)26-22)23-21(24)15-25-17-12-10-16(3)11-13-17/h6-13,19H,4-5,14-15H2,1-3H3,(H,23,24). The van der Waals surface area contributed by atoms with Crippen molar-refractivity contribution in [1.82, 2.24) is 5.32 Å². The van der Waals surface area contributed by atoms with Gasteiger partial charge in [0.05, 0.1) is 6.04 Å². The Balaban J connectivity index is 1.69. The SMILES string of the molecule is CCC1(CC)CC(NC(=O)COc2ccc(C)cc2)c2ccccc2O1. The van der Waals surface area contributed by atoms with Crippen molar-refractivity contribution in [1.29, 1.82) is 0 Å². The van der Waals surface area contributed by atoms with Gasteiger partial charge in [0.2, 0.25) is 0 Å². The van der Waals surface area contributed by atoms with Gasteiger partial charge in [-0.3, -0.25) is 4.79 Å². The number of fused-ring (bicyclic) bond motifs is 1. The van der Waals surface area contributed by atoms with Crippen molar-refractivity contribution in [3.8, 4) is 11.5 Å². The molecular weight excluding hydrogens is 326 g/mol. The molecule has 1 unspecified atom stereocenters. The average molecular weight is 353 g/mol. The molecule has 1 amide bonds. The summed E-state index contributed by atoms with van der Waals surface area (Å²) in [5, 5.41) is 3.14. The predicted octanol–water partition coefficient (Wildman–Crippen LogP) is 4.57. The second-order valence-electron chi connectivity index (χ2n) is 6.96. The summed E-state index contributed by atoms with van der Waals surface area (Å²) in [7, 11) is 0. The van der Waals surface area contributed by atoms with E-state index in [1.807, 2.05) is 55.5 Å². The normalized spacial score (nSPS) is 17.7. The van der Waals surface area contributed by atoms with Gasteiger partial charge in [0.25, 0.3) is 5.91 Å². The molecule has 0 aliphatic carbocycles. The third kappa shape index (κ3) is 4.01. The largest absolute Gasteiger partial charge is 0.487 e. The molecule has 138 valence electrons. The highest BCUT2D eigenvalue weighted by molar-refractivity contribution is 5.78. The van der Waals surface area contributed by atoms with Crippen molar-refractivity contribution in [2.24, 2.45) is 0 Å². The third-order valence-corrected chi connectivity index (χ3v) is 5.21. The van der Waals surface area contributed by atoms with Crippen LogP contribution in [0.5, 0.6) is 11.5 Å². The summed E-state index contributed by atoms with van der Waals surface area (Å²) in [6.45, 7) is 6.30. The van der Waals surface area contributed by atoms with Crippen LogP contribution >= 0.6 is 0 Å². The topological polar surface area (TPSA) is 47.6 Å². The Morgan fingerprint density at radius 2 is 1.85 bits per heavy atom. The monoisotopic (exact) mass is 353 g/mol. The van der Waals surface area contributed by atoms with Gasteiger partial charge >= 0.3 is 0 Å². The maximum Gasteiger partial charge on any atom is 0.258 e. The molecule has 1 aliphatic rings. The van der Waals surface area contributed by atoms with Crippen molar-refractivity contribution < 1.29 is 14.3 Å². The summed E-state index contributed by atoms with van der Waals surface area (Å²) in [6.07, 6.45) is 2.58. The molecule has 0 radical (unpaired) electrons. The van der Waals surface area contributed by atoms with E-state index in [0.29, 0.717) is 5.75 Å². The van der Waals surface area contributed by atoms with Gasteiger partial charge in [0.1, 0.15) is 17.1 Å². The van der Waals surface area contributed by atoms with Gasteiger partial charge in [-0.2, -0.15) is 0 Å². The molecule has 26 heavy (non-hydrogen) atoms. The molecular formula is C22H27NO3.